The second kappa shape index (κ2) is 9.37. The summed E-state index contributed by atoms with van der Waals surface area (Å²) in [7, 11) is 0. The Kier molecular flexibility index (Phi) is 6.41. The number of benzene rings is 3. The van der Waals surface area contributed by atoms with Gasteiger partial charge in [-0.1, -0.05) is 12.1 Å². The molecule has 28 heavy (non-hydrogen) atoms. The third-order valence-electron chi connectivity index (χ3n) is 3.77. The summed E-state index contributed by atoms with van der Waals surface area (Å²) < 4.78 is 24.3. The minimum Gasteiger partial charge on any atom is -0.494 e. The summed E-state index contributed by atoms with van der Waals surface area (Å²) in [5, 5.41) is 2.75. The van der Waals surface area contributed by atoms with Crippen molar-refractivity contribution in [1.29, 1.82) is 0 Å². The number of nitrogens with one attached hydrogen (secondary N) is 1. The molecule has 3 aromatic rings. The van der Waals surface area contributed by atoms with Crippen LogP contribution in [-0.4, -0.2) is 12.5 Å². The van der Waals surface area contributed by atoms with E-state index in [1.54, 1.807) is 42.5 Å². The van der Waals surface area contributed by atoms with E-state index in [0.29, 0.717) is 29.4 Å². The van der Waals surface area contributed by atoms with E-state index in [-0.39, 0.29) is 11.7 Å². The Labute approximate surface area is 163 Å². The van der Waals surface area contributed by atoms with Crippen LogP contribution in [0.15, 0.2) is 78.9 Å². The number of amides is 1. The first kappa shape index (κ1) is 19.2. The van der Waals surface area contributed by atoms with E-state index in [0.717, 1.165) is 5.75 Å². The van der Waals surface area contributed by atoms with Crippen LogP contribution >= 0.6 is 0 Å². The summed E-state index contributed by atoms with van der Waals surface area (Å²) in [4.78, 5) is 12.0. The Morgan fingerprint density at radius 1 is 0.964 bits per heavy atom. The van der Waals surface area contributed by atoms with Crippen LogP contribution in [0.25, 0.3) is 6.08 Å². The summed E-state index contributed by atoms with van der Waals surface area (Å²) in [5.41, 5.74) is 1.25. The number of carbonyl (C=O) groups is 1. The van der Waals surface area contributed by atoms with Crippen LogP contribution in [0.3, 0.4) is 0 Å². The fourth-order valence-corrected chi connectivity index (χ4v) is 2.48. The van der Waals surface area contributed by atoms with E-state index < -0.39 is 0 Å². The lowest BCUT2D eigenvalue weighted by Crippen LogP contribution is -2.07. The van der Waals surface area contributed by atoms with Gasteiger partial charge in [-0.3, -0.25) is 4.79 Å². The summed E-state index contributed by atoms with van der Waals surface area (Å²) in [6.07, 6.45) is 2.92. The lowest BCUT2D eigenvalue weighted by molar-refractivity contribution is -0.111. The van der Waals surface area contributed by atoms with Crippen molar-refractivity contribution in [2.24, 2.45) is 0 Å². The van der Waals surface area contributed by atoms with E-state index in [9.17, 15) is 9.18 Å². The minimum absolute atomic E-state index is 0.301. The largest absolute Gasteiger partial charge is 0.494 e. The molecule has 1 N–H and O–H groups in total. The first-order valence-electron chi connectivity index (χ1n) is 8.88. The summed E-state index contributed by atoms with van der Waals surface area (Å²) >= 11 is 0. The maximum atomic E-state index is 13.1. The highest BCUT2D eigenvalue weighted by Gasteiger charge is 2.01. The second-order valence-electron chi connectivity index (χ2n) is 5.91. The van der Waals surface area contributed by atoms with Crippen molar-refractivity contribution in [3.63, 3.8) is 0 Å². The van der Waals surface area contributed by atoms with Gasteiger partial charge >= 0.3 is 0 Å². The molecule has 3 rings (SSSR count). The second-order valence-corrected chi connectivity index (χ2v) is 5.91. The molecule has 142 valence electrons. The van der Waals surface area contributed by atoms with Gasteiger partial charge in [-0.05, 0) is 79.2 Å². The van der Waals surface area contributed by atoms with Gasteiger partial charge in [-0.25, -0.2) is 4.39 Å². The first-order valence-corrected chi connectivity index (χ1v) is 8.88. The highest BCUT2D eigenvalue weighted by Crippen LogP contribution is 2.25. The van der Waals surface area contributed by atoms with Crippen LogP contribution in [0.4, 0.5) is 10.1 Å². The molecule has 0 aliphatic heterocycles. The minimum atomic E-state index is -0.342. The van der Waals surface area contributed by atoms with Crippen LogP contribution in [0.2, 0.25) is 0 Å². The molecular formula is C23H20FNO3. The molecule has 3 aromatic carbocycles. The van der Waals surface area contributed by atoms with Crippen molar-refractivity contribution >= 4 is 17.7 Å². The number of ether oxygens (including phenoxy) is 2. The number of hydrogen-bond acceptors (Lipinski definition) is 3. The van der Waals surface area contributed by atoms with Crippen molar-refractivity contribution in [3.05, 3.63) is 90.3 Å². The van der Waals surface area contributed by atoms with Gasteiger partial charge in [0.05, 0.1) is 6.61 Å². The number of hydrogen-bond donors (Lipinski definition) is 1. The molecule has 0 aromatic heterocycles. The lowest BCUT2D eigenvalue weighted by Gasteiger charge is -2.08. The Morgan fingerprint density at radius 2 is 1.61 bits per heavy atom. The van der Waals surface area contributed by atoms with Crippen LogP contribution < -0.4 is 14.8 Å². The van der Waals surface area contributed by atoms with Gasteiger partial charge in [0.25, 0.3) is 0 Å². The monoisotopic (exact) mass is 377 g/mol. The summed E-state index contributed by atoms with van der Waals surface area (Å²) in [6, 6.07) is 20.4. The van der Waals surface area contributed by atoms with Gasteiger partial charge in [0.2, 0.25) is 5.91 Å². The molecule has 0 fully saturated rings. The van der Waals surface area contributed by atoms with E-state index in [2.05, 4.69) is 5.32 Å². The third-order valence-corrected chi connectivity index (χ3v) is 3.77. The summed E-state index contributed by atoms with van der Waals surface area (Å²) in [6.45, 7) is 2.55. The maximum absolute atomic E-state index is 13.1. The standard InChI is InChI=1S/C23H20FNO3/c1-2-27-20-11-13-22(14-12-20)28-21-9-7-19(8-10-21)25-23(26)15-6-17-4-3-5-18(24)16-17/h3-16H,2H2,1H3,(H,25,26). The molecule has 0 bridgehead atoms. The lowest BCUT2D eigenvalue weighted by atomic mass is 10.2. The van der Waals surface area contributed by atoms with Crippen LogP contribution in [0.5, 0.6) is 17.2 Å². The van der Waals surface area contributed by atoms with E-state index in [4.69, 9.17) is 9.47 Å². The Hall–Kier alpha value is -3.60. The average molecular weight is 377 g/mol. The van der Waals surface area contributed by atoms with Crippen molar-refractivity contribution in [2.45, 2.75) is 6.92 Å². The van der Waals surface area contributed by atoms with Crippen molar-refractivity contribution in [1.82, 2.24) is 0 Å². The molecule has 0 heterocycles. The number of halogens is 1. The van der Waals surface area contributed by atoms with Gasteiger partial charge < -0.3 is 14.8 Å². The van der Waals surface area contributed by atoms with Crippen LogP contribution in [-0.2, 0) is 4.79 Å². The quantitative estimate of drug-likeness (QED) is 0.540. The normalized spacial score (nSPS) is 10.6. The zero-order valence-electron chi connectivity index (χ0n) is 15.4. The van der Waals surface area contributed by atoms with E-state index in [1.807, 2.05) is 31.2 Å². The number of rotatable bonds is 7. The van der Waals surface area contributed by atoms with E-state index in [1.165, 1.54) is 18.2 Å². The zero-order chi connectivity index (χ0) is 19.8. The van der Waals surface area contributed by atoms with Crippen LogP contribution in [0, 0.1) is 5.82 Å². The molecule has 0 radical (unpaired) electrons. The van der Waals surface area contributed by atoms with Gasteiger partial charge in [0, 0.05) is 11.8 Å². The Balaban J connectivity index is 1.55. The molecule has 1 amide bonds. The molecule has 5 heteroatoms. The molecule has 0 atom stereocenters. The maximum Gasteiger partial charge on any atom is 0.248 e. The zero-order valence-corrected chi connectivity index (χ0v) is 15.4. The fourth-order valence-electron chi connectivity index (χ4n) is 2.48. The smallest absolute Gasteiger partial charge is 0.248 e. The first-order chi connectivity index (χ1) is 13.6. The molecule has 0 saturated heterocycles. The summed E-state index contributed by atoms with van der Waals surface area (Å²) in [5.74, 6) is 1.49. The fraction of sp³-hybridized carbons (Fsp3) is 0.0870. The van der Waals surface area contributed by atoms with Gasteiger partial charge in [-0.15, -0.1) is 0 Å². The molecule has 0 unspecified atom stereocenters. The van der Waals surface area contributed by atoms with Crippen LogP contribution in [0.1, 0.15) is 12.5 Å². The van der Waals surface area contributed by atoms with E-state index >= 15 is 0 Å². The molecule has 0 aliphatic rings. The number of anilines is 1. The number of carbonyl (C=O) groups excluding carboxylic acids is 1. The topological polar surface area (TPSA) is 47.6 Å². The van der Waals surface area contributed by atoms with Crippen molar-refractivity contribution in [3.8, 4) is 17.2 Å². The molecule has 0 aliphatic carbocycles. The van der Waals surface area contributed by atoms with Gasteiger partial charge in [0.1, 0.15) is 23.1 Å². The van der Waals surface area contributed by atoms with Crippen molar-refractivity contribution in [2.75, 3.05) is 11.9 Å². The Bertz CT molecular complexity index is 950. The third kappa shape index (κ3) is 5.71. The SMILES string of the molecule is CCOc1ccc(Oc2ccc(NC(=O)C=Cc3cccc(F)c3)cc2)cc1. The highest BCUT2D eigenvalue weighted by atomic mass is 19.1. The molecule has 0 spiro atoms. The molecule has 4 nitrogen and oxygen atoms in total. The predicted octanol–water partition coefficient (Wildman–Crippen LogP) is 5.67. The van der Waals surface area contributed by atoms with Gasteiger partial charge in [-0.2, -0.15) is 0 Å². The molecule has 0 saturated carbocycles. The predicted molar refractivity (Wildman–Crippen MR) is 108 cm³/mol. The van der Waals surface area contributed by atoms with Crippen molar-refractivity contribution < 1.29 is 18.7 Å². The average Bonchev–Trinajstić information content (AvgIpc) is 2.70. The van der Waals surface area contributed by atoms with Gasteiger partial charge in [0.15, 0.2) is 0 Å². The highest BCUT2D eigenvalue weighted by molar-refractivity contribution is 6.01. The molecular weight excluding hydrogens is 357 g/mol. The Morgan fingerprint density at radius 3 is 2.25 bits per heavy atom.